The molecule has 0 radical (unpaired) electrons. The van der Waals surface area contributed by atoms with Crippen molar-refractivity contribution in [2.45, 2.75) is 6.54 Å². The summed E-state index contributed by atoms with van der Waals surface area (Å²) < 4.78 is 6.14. The highest BCUT2D eigenvalue weighted by Crippen LogP contribution is 2.23. The number of para-hydroxylation sites is 1. The Balaban J connectivity index is 2.13. The maximum Gasteiger partial charge on any atom is 0.136 e. The molecule has 0 saturated heterocycles. The van der Waals surface area contributed by atoms with Crippen LogP contribution in [0.1, 0.15) is 11.1 Å². The number of hydrogen-bond donors (Lipinski definition) is 1. The second-order valence-corrected chi connectivity index (χ2v) is 4.83. The van der Waals surface area contributed by atoms with Crippen LogP contribution in [0.25, 0.3) is 0 Å². The number of methoxy groups -OCH3 is 1. The van der Waals surface area contributed by atoms with Gasteiger partial charge in [-0.2, -0.15) is 5.26 Å². The number of benzene rings is 2. The minimum atomic E-state index is 0.550. The van der Waals surface area contributed by atoms with Crippen molar-refractivity contribution in [3.8, 4) is 11.8 Å². The first-order valence-corrected chi connectivity index (χ1v) is 6.59. The van der Waals surface area contributed by atoms with Crippen molar-refractivity contribution in [1.82, 2.24) is 0 Å². The summed E-state index contributed by atoms with van der Waals surface area (Å²) in [5.74, 6) is 0.604. The van der Waals surface area contributed by atoms with E-state index in [4.69, 9.17) is 10.00 Å². The van der Waals surface area contributed by atoms with Crippen molar-refractivity contribution in [2.75, 3.05) is 12.4 Å². The van der Waals surface area contributed by atoms with Crippen LogP contribution in [0.2, 0.25) is 0 Å². The van der Waals surface area contributed by atoms with Crippen LogP contribution in [0.5, 0.6) is 5.75 Å². The summed E-state index contributed by atoms with van der Waals surface area (Å²) >= 11 is 3.49. The Labute approximate surface area is 121 Å². The Morgan fingerprint density at radius 1 is 1.26 bits per heavy atom. The second-order valence-electron chi connectivity index (χ2n) is 3.98. The van der Waals surface area contributed by atoms with Gasteiger partial charge in [-0.3, -0.25) is 0 Å². The fraction of sp³-hybridized carbons (Fsp3) is 0.133. The number of nitrogens with one attached hydrogen (secondary N) is 1. The fourth-order valence-electron chi connectivity index (χ4n) is 1.75. The number of hydrogen-bond acceptors (Lipinski definition) is 3. The van der Waals surface area contributed by atoms with E-state index in [-0.39, 0.29) is 0 Å². The molecule has 0 heterocycles. The molecule has 0 spiro atoms. The lowest BCUT2D eigenvalue weighted by Gasteiger charge is -2.10. The maximum absolute atomic E-state index is 9.05. The third-order valence-corrected chi connectivity index (χ3v) is 3.43. The van der Waals surface area contributed by atoms with E-state index in [1.165, 1.54) is 0 Å². The fourth-order valence-corrected chi connectivity index (χ4v) is 2.18. The SMILES string of the molecule is COc1ccc(CNc2ccccc2Br)cc1C#N. The minimum Gasteiger partial charge on any atom is -0.495 e. The molecule has 2 aromatic carbocycles. The van der Waals surface area contributed by atoms with Gasteiger partial charge in [0.1, 0.15) is 11.8 Å². The van der Waals surface area contributed by atoms with Crippen LogP contribution in [-0.4, -0.2) is 7.11 Å². The Kier molecular flexibility index (Phi) is 4.43. The van der Waals surface area contributed by atoms with Crippen molar-refractivity contribution >= 4 is 21.6 Å². The van der Waals surface area contributed by atoms with Crippen LogP contribution >= 0.6 is 15.9 Å². The Bertz CT molecular complexity index is 620. The summed E-state index contributed by atoms with van der Waals surface area (Å²) in [7, 11) is 1.56. The Morgan fingerprint density at radius 3 is 2.74 bits per heavy atom. The molecular weight excluding hydrogens is 304 g/mol. The molecule has 0 aromatic heterocycles. The van der Waals surface area contributed by atoms with E-state index in [9.17, 15) is 0 Å². The average molecular weight is 317 g/mol. The monoisotopic (exact) mass is 316 g/mol. The molecule has 2 aromatic rings. The molecule has 0 bridgehead atoms. The molecule has 0 aliphatic rings. The first-order valence-electron chi connectivity index (χ1n) is 5.80. The summed E-state index contributed by atoms with van der Waals surface area (Å²) in [5, 5.41) is 12.4. The van der Waals surface area contributed by atoms with Gasteiger partial charge in [0.15, 0.2) is 0 Å². The molecule has 3 nitrogen and oxygen atoms in total. The molecule has 0 unspecified atom stereocenters. The molecule has 0 amide bonds. The predicted molar refractivity (Wildman–Crippen MR) is 79.2 cm³/mol. The molecule has 4 heteroatoms. The molecule has 0 aliphatic heterocycles. The zero-order valence-corrected chi connectivity index (χ0v) is 12.1. The molecule has 19 heavy (non-hydrogen) atoms. The number of nitrogens with zero attached hydrogens (tertiary/aromatic N) is 1. The lowest BCUT2D eigenvalue weighted by Crippen LogP contribution is -2.00. The van der Waals surface area contributed by atoms with Crippen molar-refractivity contribution < 1.29 is 4.74 Å². The van der Waals surface area contributed by atoms with Crippen LogP contribution in [0.15, 0.2) is 46.9 Å². The molecule has 1 N–H and O–H groups in total. The van der Waals surface area contributed by atoms with E-state index >= 15 is 0 Å². The molecule has 0 saturated carbocycles. The van der Waals surface area contributed by atoms with Gasteiger partial charge >= 0.3 is 0 Å². The highest BCUT2D eigenvalue weighted by Gasteiger charge is 2.04. The third-order valence-electron chi connectivity index (χ3n) is 2.74. The topological polar surface area (TPSA) is 45.0 Å². The molecule has 2 rings (SSSR count). The van der Waals surface area contributed by atoms with Crippen molar-refractivity contribution in [1.29, 1.82) is 5.26 Å². The van der Waals surface area contributed by atoms with E-state index < -0.39 is 0 Å². The van der Waals surface area contributed by atoms with E-state index in [1.807, 2.05) is 42.5 Å². The molecular formula is C15H13BrN2O. The van der Waals surface area contributed by atoms with E-state index in [0.717, 1.165) is 15.7 Å². The zero-order chi connectivity index (χ0) is 13.7. The van der Waals surface area contributed by atoms with Crippen LogP contribution in [-0.2, 0) is 6.54 Å². The number of anilines is 1. The summed E-state index contributed by atoms with van der Waals surface area (Å²) in [5.41, 5.74) is 2.61. The first-order chi connectivity index (χ1) is 9.24. The largest absolute Gasteiger partial charge is 0.495 e. The Hall–Kier alpha value is -1.99. The van der Waals surface area contributed by atoms with Gasteiger partial charge < -0.3 is 10.1 Å². The van der Waals surface area contributed by atoms with Gasteiger partial charge in [-0.15, -0.1) is 0 Å². The van der Waals surface area contributed by atoms with Crippen LogP contribution in [0, 0.1) is 11.3 Å². The van der Waals surface area contributed by atoms with Crippen molar-refractivity contribution in [3.63, 3.8) is 0 Å². The van der Waals surface area contributed by atoms with Gasteiger partial charge in [0.05, 0.1) is 12.7 Å². The highest BCUT2D eigenvalue weighted by atomic mass is 79.9. The lowest BCUT2D eigenvalue weighted by molar-refractivity contribution is 0.413. The zero-order valence-electron chi connectivity index (χ0n) is 10.5. The summed E-state index contributed by atoms with van der Waals surface area (Å²) in [6.45, 7) is 0.654. The number of ether oxygens (including phenoxy) is 1. The molecule has 0 aliphatic carbocycles. The van der Waals surface area contributed by atoms with Crippen LogP contribution in [0.4, 0.5) is 5.69 Å². The normalized spacial score (nSPS) is 9.74. The van der Waals surface area contributed by atoms with Gasteiger partial charge in [-0.05, 0) is 45.8 Å². The smallest absolute Gasteiger partial charge is 0.136 e. The number of rotatable bonds is 4. The lowest BCUT2D eigenvalue weighted by atomic mass is 10.1. The Morgan fingerprint density at radius 2 is 2.05 bits per heavy atom. The van der Waals surface area contributed by atoms with E-state index in [1.54, 1.807) is 7.11 Å². The van der Waals surface area contributed by atoms with Crippen LogP contribution in [0.3, 0.4) is 0 Å². The van der Waals surface area contributed by atoms with Gasteiger partial charge in [0, 0.05) is 16.7 Å². The van der Waals surface area contributed by atoms with E-state index in [0.29, 0.717) is 17.9 Å². The quantitative estimate of drug-likeness (QED) is 0.929. The number of halogens is 1. The third kappa shape index (κ3) is 3.27. The van der Waals surface area contributed by atoms with Gasteiger partial charge in [-0.1, -0.05) is 18.2 Å². The summed E-state index contributed by atoms with van der Waals surface area (Å²) in [6.07, 6.45) is 0. The maximum atomic E-state index is 9.05. The molecule has 0 fully saturated rings. The highest BCUT2D eigenvalue weighted by molar-refractivity contribution is 9.10. The standard InChI is InChI=1S/C15H13BrN2O/c1-19-15-7-6-11(8-12(15)9-17)10-18-14-5-3-2-4-13(14)16/h2-8,18H,10H2,1H3. The van der Waals surface area contributed by atoms with Gasteiger partial charge in [0.25, 0.3) is 0 Å². The first kappa shape index (κ1) is 13.4. The van der Waals surface area contributed by atoms with Crippen molar-refractivity contribution in [3.05, 3.63) is 58.1 Å². The number of nitriles is 1. The average Bonchev–Trinajstić information content (AvgIpc) is 2.46. The van der Waals surface area contributed by atoms with Gasteiger partial charge in [-0.25, -0.2) is 0 Å². The van der Waals surface area contributed by atoms with Gasteiger partial charge in [0.2, 0.25) is 0 Å². The molecule has 0 atom stereocenters. The van der Waals surface area contributed by atoms with Crippen LogP contribution < -0.4 is 10.1 Å². The van der Waals surface area contributed by atoms with Crippen molar-refractivity contribution in [2.24, 2.45) is 0 Å². The second kappa shape index (κ2) is 6.26. The predicted octanol–water partition coefficient (Wildman–Crippen LogP) is 3.94. The summed E-state index contributed by atoms with van der Waals surface area (Å²) in [6, 6.07) is 15.7. The summed E-state index contributed by atoms with van der Waals surface area (Å²) in [4.78, 5) is 0. The minimum absolute atomic E-state index is 0.550. The van der Waals surface area contributed by atoms with E-state index in [2.05, 4.69) is 27.3 Å². The molecule has 96 valence electrons.